The summed E-state index contributed by atoms with van der Waals surface area (Å²) in [7, 11) is 1.44. The molecule has 7 heteroatoms. The van der Waals surface area contributed by atoms with Crippen LogP contribution in [-0.4, -0.2) is 42.6 Å². The zero-order chi connectivity index (χ0) is 25.5. The first-order chi connectivity index (χ1) is 16.6. The van der Waals surface area contributed by atoms with Crippen molar-refractivity contribution in [2.75, 3.05) is 13.7 Å². The summed E-state index contributed by atoms with van der Waals surface area (Å²) in [6.07, 6.45) is 7.64. The van der Waals surface area contributed by atoms with Gasteiger partial charge in [0.05, 0.1) is 18.5 Å². The van der Waals surface area contributed by atoms with Crippen LogP contribution in [0.3, 0.4) is 0 Å². The van der Waals surface area contributed by atoms with E-state index in [4.69, 9.17) is 14.2 Å². The van der Waals surface area contributed by atoms with Gasteiger partial charge < -0.3 is 14.2 Å². The molecule has 0 radical (unpaired) electrons. The molecule has 35 heavy (non-hydrogen) atoms. The number of ether oxygens (including phenoxy) is 3. The van der Waals surface area contributed by atoms with Crippen LogP contribution in [0.15, 0.2) is 0 Å². The molecule has 0 spiro atoms. The average molecular weight is 556 g/mol. The number of esters is 1. The maximum Gasteiger partial charge on any atom is 0.508 e. The molecule has 0 N–H and O–H groups in total. The molecule has 4 rings (SSSR count). The van der Waals surface area contributed by atoms with Crippen molar-refractivity contribution in [3.8, 4) is 0 Å². The van der Waals surface area contributed by atoms with Crippen molar-refractivity contribution in [3.63, 3.8) is 0 Å². The molecule has 0 aromatic carbocycles. The van der Waals surface area contributed by atoms with Gasteiger partial charge in [0.15, 0.2) is 5.78 Å². The fraction of sp³-hybridized carbons (Fsp3) is 0.893. The number of Topliss-reactive ketones (excluding diaryl/α,β-unsaturated/α-hetero) is 1. The van der Waals surface area contributed by atoms with E-state index < -0.39 is 6.16 Å². The Morgan fingerprint density at radius 1 is 1.14 bits per heavy atom. The third-order valence-corrected chi connectivity index (χ3v) is 11.7. The molecule has 4 saturated carbocycles. The van der Waals surface area contributed by atoms with Gasteiger partial charge in [-0.15, -0.1) is 0 Å². The highest BCUT2D eigenvalue weighted by molar-refractivity contribution is 9.10. The molecule has 0 unspecified atom stereocenters. The van der Waals surface area contributed by atoms with E-state index in [1.807, 2.05) is 0 Å². The van der Waals surface area contributed by atoms with Crippen LogP contribution in [0.25, 0.3) is 0 Å². The monoisotopic (exact) mass is 554 g/mol. The second kappa shape index (κ2) is 10.3. The number of hydrogen-bond acceptors (Lipinski definition) is 6. The Hall–Kier alpha value is -1.11. The van der Waals surface area contributed by atoms with Crippen LogP contribution in [0.4, 0.5) is 4.79 Å². The van der Waals surface area contributed by atoms with Gasteiger partial charge >= 0.3 is 12.1 Å². The second-order valence-electron chi connectivity index (χ2n) is 12.1. The third kappa shape index (κ3) is 4.57. The minimum Gasteiger partial charge on any atom is -0.469 e. The van der Waals surface area contributed by atoms with Crippen molar-refractivity contribution >= 4 is 33.8 Å². The smallest absolute Gasteiger partial charge is 0.469 e. The summed E-state index contributed by atoms with van der Waals surface area (Å²) >= 11 is 3.96. The third-order valence-electron chi connectivity index (χ3n) is 10.7. The molecular weight excluding hydrogens is 512 g/mol. The Kier molecular flexibility index (Phi) is 7.95. The Bertz CT molecular complexity index is 830. The number of ketones is 1. The van der Waals surface area contributed by atoms with Crippen LogP contribution in [0, 0.1) is 46.3 Å². The molecule has 0 saturated heterocycles. The Labute approximate surface area is 218 Å². The number of carbonyl (C=O) groups excluding carboxylic acids is 3. The van der Waals surface area contributed by atoms with Crippen molar-refractivity contribution in [3.05, 3.63) is 0 Å². The lowest BCUT2D eigenvalue weighted by Crippen LogP contribution is -2.62. The van der Waals surface area contributed by atoms with Gasteiger partial charge in [0.1, 0.15) is 6.10 Å². The van der Waals surface area contributed by atoms with Crippen molar-refractivity contribution in [1.82, 2.24) is 0 Å². The van der Waals surface area contributed by atoms with Gasteiger partial charge in [0.25, 0.3) is 0 Å². The van der Waals surface area contributed by atoms with E-state index in [1.165, 1.54) is 7.11 Å². The van der Waals surface area contributed by atoms with Gasteiger partial charge in [-0.3, -0.25) is 9.59 Å². The molecule has 0 amide bonds. The summed E-state index contributed by atoms with van der Waals surface area (Å²) in [6.45, 7) is 8.96. The minimum atomic E-state index is -0.560. The molecule has 198 valence electrons. The maximum atomic E-state index is 14.2. The lowest BCUT2D eigenvalue weighted by Gasteiger charge is -2.62. The first kappa shape index (κ1) is 26.9. The van der Waals surface area contributed by atoms with E-state index in [1.54, 1.807) is 6.92 Å². The first-order valence-corrected chi connectivity index (χ1v) is 14.6. The van der Waals surface area contributed by atoms with Crippen LogP contribution in [0.5, 0.6) is 0 Å². The summed E-state index contributed by atoms with van der Waals surface area (Å²) in [5, 5.41) is 0. The summed E-state index contributed by atoms with van der Waals surface area (Å²) < 4.78 is 15.5. The normalized spacial score (nSPS) is 43.4. The highest BCUT2D eigenvalue weighted by Gasteiger charge is 2.67. The molecule has 0 aromatic heterocycles. The van der Waals surface area contributed by atoms with Gasteiger partial charge in [-0.05, 0) is 99.2 Å². The number of rotatable bonds is 6. The van der Waals surface area contributed by atoms with Gasteiger partial charge in [-0.25, -0.2) is 4.79 Å². The van der Waals surface area contributed by atoms with E-state index in [0.29, 0.717) is 54.3 Å². The molecule has 4 aliphatic rings. The number of alkyl halides is 1. The van der Waals surface area contributed by atoms with Crippen LogP contribution in [0.2, 0.25) is 0 Å². The van der Waals surface area contributed by atoms with Crippen LogP contribution < -0.4 is 0 Å². The summed E-state index contributed by atoms with van der Waals surface area (Å²) in [5.41, 5.74) is -0.268. The van der Waals surface area contributed by atoms with Gasteiger partial charge in [-0.1, -0.05) is 36.7 Å². The molecule has 0 heterocycles. The predicted molar refractivity (Wildman–Crippen MR) is 136 cm³/mol. The van der Waals surface area contributed by atoms with Crippen molar-refractivity contribution in [1.29, 1.82) is 0 Å². The van der Waals surface area contributed by atoms with Crippen LogP contribution >= 0.6 is 15.9 Å². The molecule has 4 fully saturated rings. The average Bonchev–Trinajstić information content (AvgIpc) is 3.19. The predicted octanol–water partition coefficient (Wildman–Crippen LogP) is 6.33. The molecular formula is C28H43BrO6. The molecule has 0 aromatic rings. The zero-order valence-corrected chi connectivity index (χ0v) is 23.6. The number of methoxy groups -OCH3 is 1. The fourth-order valence-electron chi connectivity index (χ4n) is 8.97. The quantitative estimate of drug-likeness (QED) is 0.282. The summed E-state index contributed by atoms with van der Waals surface area (Å²) in [4.78, 5) is 37.7. The SMILES string of the molecule is CCOC(=O)O[C@@H]1CC[C@@]2(C)[C@H](CC[C@@H]3[C@@H]2[C@@H](Br)C(=O)[C@]2(C)[C@@H]([C@H](C)CCC(=O)OC)CC[C@@H]32)C1. The Morgan fingerprint density at radius 3 is 2.57 bits per heavy atom. The van der Waals surface area contributed by atoms with Gasteiger partial charge in [0.2, 0.25) is 0 Å². The highest BCUT2D eigenvalue weighted by Crippen LogP contribution is 2.68. The van der Waals surface area contributed by atoms with E-state index in [-0.39, 0.29) is 27.7 Å². The van der Waals surface area contributed by atoms with Crippen molar-refractivity contribution in [2.45, 2.75) is 96.4 Å². The van der Waals surface area contributed by atoms with Crippen molar-refractivity contribution in [2.24, 2.45) is 46.3 Å². The second-order valence-corrected chi connectivity index (χ2v) is 13.1. The van der Waals surface area contributed by atoms with E-state index >= 15 is 0 Å². The number of fused-ring (bicyclic) bond motifs is 5. The maximum absolute atomic E-state index is 14.2. The Morgan fingerprint density at radius 2 is 1.89 bits per heavy atom. The van der Waals surface area contributed by atoms with E-state index in [2.05, 4.69) is 36.7 Å². The topological polar surface area (TPSA) is 78.9 Å². The molecule has 0 aliphatic heterocycles. The van der Waals surface area contributed by atoms with Crippen molar-refractivity contribution < 1.29 is 28.6 Å². The molecule has 4 aliphatic carbocycles. The molecule has 0 bridgehead atoms. The standard InChI is InChI=1S/C28H43BrO6/c1-6-34-26(32)35-18-13-14-27(3)17(15-18)8-9-19-21-11-10-20(16(2)7-12-22(30)33-5)28(21,4)25(31)24(29)23(19)27/h16-21,23-24H,6-15H2,1-5H3/t16-,17-,18-,19+,20-,21+,23-,24-,27+,28-/m1/s1. The summed E-state index contributed by atoms with van der Waals surface area (Å²) in [6, 6.07) is 0. The van der Waals surface area contributed by atoms with Gasteiger partial charge in [0, 0.05) is 11.8 Å². The largest absolute Gasteiger partial charge is 0.508 e. The minimum absolute atomic E-state index is 0.0666. The summed E-state index contributed by atoms with van der Waals surface area (Å²) in [5.74, 6) is 2.54. The number of hydrogen-bond donors (Lipinski definition) is 0. The fourth-order valence-corrected chi connectivity index (χ4v) is 10.5. The lowest BCUT2D eigenvalue weighted by atomic mass is 9.44. The lowest BCUT2D eigenvalue weighted by molar-refractivity contribution is -0.158. The first-order valence-electron chi connectivity index (χ1n) is 13.7. The van der Waals surface area contributed by atoms with Crippen LogP contribution in [-0.2, 0) is 23.8 Å². The zero-order valence-electron chi connectivity index (χ0n) is 22.0. The Balaban J connectivity index is 1.51. The van der Waals surface area contributed by atoms with E-state index in [0.717, 1.165) is 51.4 Å². The van der Waals surface area contributed by atoms with Gasteiger partial charge in [-0.2, -0.15) is 0 Å². The van der Waals surface area contributed by atoms with Crippen LogP contribution in [0.1, 0.15) is 85.5 Å². The number of carbonyl (C=O) groups is 3. The highest BCUT2D eigenvalue weighted by atomic mass is 79.9. The number of halogens is 1. The van der Waals surface area contributed by atoms with E-state index in [9.17, 15) is 14.4 Å². The molecule has 6 nitrogen and oxygen atoms in total. The molecule has 10 atom stereocenters.